The van der Waals surface area contributed by atoms with E-state index in [1.54, 1.807) is 32.0 Å². The molecule has 0 amide bonds. The molecule has 4 heteroatoms. The van der Waals surface area contributed by atoms with Crippen molar-refractivity contribution < 1.29 is 13.2 Å². The van der Waals surface area contributed by atoms with Crippen molar-refractivity contribution in [3.8, 4) is 0 Å². The van der Waals surface area contributed by atoms with Crippen molar-refractivity contribution in [2.24, 2.45) is 0 Å². The molecule has 2 rings (SSSR count). The average Bonchev–Trinajstić information content (AvgIpc) is 2.36. The first-order chi connectivity index (χ1) is 9.24. The van der Waals surface area contributed by atoms with Crippen molar-refractivity contribution >= 4 is 26.4 Å². The van der Waals surface area contributed by atoms with Crippen LogP contribution in [0.1, 0.15) is 27.2 Å². The van der Waals surface area contributed by atoms with Gasteiger partial charge in [0.05, 0.1) is 9.64 Å². The van der Waals surface area contributed by atoms with Crippen LogP contribution in [0.4, 0.5) is 0 Å². The van der Waals surface area contributed by atoms with Gasteiger partial charge in [0.1, 0.15) is 5.78 Å². The maximum absolute atomic E-state index is 12.7. The van der Waals surface area contributed by atoms with E-state index in [2.05, 4.69) is 0 Å². The van der Waals surface area contributed by atoms with Gasteiger partial charge in [0, 0.05) is 6.42 Å². The molecule has 0 aliphatic rings. The first-order valence-electron chi connectivity index (χ1n) is 6.47. The van der Waals surface area contributed by atoms with Gasteiger partial charge in [0.25, 0.3) is 0 Å². The molecule has 0 saturated heterocycles. The zero-order valence-electron chi connectivity index (χ0n) is 11.9. The number of hydrogen-bond donors (Lipinski definition) is 0. The summed E-state index contributed by atoms with van der Waals surface area (Å²) < 4.78 is 24.3. The van der Waals surface area contributed by atoms with Crippen LogP contribution in [0.2, 0.25) is 0 Å². The largest absolute Gasteiger partial charge is 0.300 e. The summed E-state index contributed by atoms with van der Waals surface area (Å²) in [6.07, 6.45) is 0.0160. The summed E-state index contributed by atoms with van der Waals surface area (Å²) in [5.74, 6) is -0.126. The third-order valence-corrected chi connectivity index (χ3v) is 5.91. The van der Waals surface area contributed by atoms with Crippen LogP contribution in [0.5, 0.6) is 0 Å². The average molecular weight is 290 g/mol. The number of benzene rings is 2. The van der Waals surface area contributed by atoms with Crippen molar-refractivity contribution in [2.75, 3.05) is 0 Å². The minimum atomic E-state index is -3.55. The van der Waals surface area contributed by atoms with Crippen LogP contribution in [-0.2, 0) is 14.6 Å². The molecule has 0 bridgehead atoms. The molecule has 0 aliphatic heterocycles. The molecule has 0 heterocycles. The Labute approximate surface area is 119 Å². The predicted molar refractivity (Wildman–Crippen MR) is 80.5 cm³/mol. The van der Waals surface area contributed by atoms with Crippen molar-refractivity contribution in [1.82, 2.24) is 0 Å². The van der Waals surface area contributed by atoms with Crippen LogP contribution in [0.15, 0.2) is 47.4 Å². The van der Waals surface area contributed by atoms with Gasteiger partial charge in [-0.25, -0.2) is 8.42 Å². The lowest BCUT2D eigenvalue weighted by Crippen LogP contribution is -2.34. The second-order valence-corrected chi connectivity index (χ2v) is 8.23. The zero-order valence-corrected chi connectivity index (χ0v) is 12.7. The van der Waals surface area contributed by atoms with E-state index in [4.69, 9.17) is 0 Å². The molecule has 0 N–H and O–H groups in total. The van der Waals surface area contributed by atoms with Gasteiger partial charge in [0.15, 0.2) is 9.84 Å². The standard InChI is InChI=1S/C16H18O3S/c1-12(17)11-16(2,3)20(18,19)15-9-8-13-6-4-5-7-14(13)10-15/h4-10H,11H2,1-3H3. The predicted octanol–water partition coefficient (Wildman–Crippen LogP) is 3.37. The van der Waals surface area contributed by atoms with Crippen LogP contribution < -0.4 is 0 Å². The fourth-order valence-electron chi connectivity index (χ4n) is 2.35. The molecule has 0 saturated carbocycles. The highest BCUT2D eigenvalue weighted by Gasteiger charge is 2.36. The molecule has 2 aromatic rings. The normalized spacial score (nSPS) is 12.6. The number of ketones is 1. The second-order valence-electron chi connectivity index (χ2n) is 5.65. The van der Waals surface area contributed by atoms with Gasteiger partial charge in [-0.1, -0.05) is 30.3 Å². The number of sulfone groups is 1. The topological polar surface area (TPSA) is 51.2 Å². The fourth-order valence-corrected chi connectivity index (χ4v) is 3.91. The number of hydrogen-bond acceptors (Lipinski definition) is 3. The van der Waals surface area contributed by atoms with Gasteiger partial charge in [-0.2, -0.15) is 0 Å². The van der Waals surface area contributed by atoms with E-state index < -0.39 is 14.6 Å². The highest BCUT2D eigenvalue weighted by atomic mass is 32.2. The number of rotatable bonds is 4. The van der Waals surface area contributed by atoms with Crippen molar-refractivity contribution in [1.29, 1.82) is 0 Å². The Kier molecular flexibility index (Phi) is 3.69. The first kappa shape index (κ1) is 14.7. The van der Waals surface area contributed by atoms with E-state index in [1.165, 1.54) is 6.92 Å². The molecule has 0 atom stereocenters. The summed E-state index contributed by atoms with van der Waals surface area (Å²) in [7, 11) is -3.55. The highest BCUT2D eigenvalue weighted by molar-refractivity contribution is 7.92. The molecule has 0 radical (unpaired) electrons. The smallest absolute Gasteiger partial charge is 0.183 e. The van der Waals surface area contributed by atoms with Crippen molar-refractivity contribution in [3.63, 3.8) is 0 Å². The van der Waals surface area contributed by atoms with Crippen LogP contribution in [0, 0.1) is 0 Å². The minimum absolute atomic E-state index is 0.0160. The van der Waals surface area contributed by atoms with E-state index in [0.717, 1.165) is 10.8 Å². The summed E-state index contributed by atoms with van der Waals surface area (Å²) in [5, 5.41) is 1.88. The Hall–Kier alpha value is -1.68. The first-order valence-corrected chi connectivity index (χ1v) is 7.95. The molecular weight excluding hydrogens is 272 g/mol. The number of Topliss-reactive ketones (excluding diaryl/α,β-unsaturated/α-hetero) is 1. The Morgan fingerprint density at radius 2 is 1.65 bits per heavy atom. The monoisotopic (exact) mass is 290 g/mol. The van der Waals surface area contributed by atoms with Gasteiger partial charge in [-0.3, -0.25) is 4.79 Å². The SMILES string of the molecule is CC(=O)CC(C)(C)S(=O)(=O)c1ccc2ccccc2c1. The van der Waals surface area contributed by atoms with Gasteiger partial charge in [0.2, 0.25) is 0 Å². The molecule has 2 aromatic carbocycles. The molecular formula is C16H18O3S. The zero-order chi connectivity index (χ0) is 15.0. The van der Waals surface area contributed by atoms with Crippen molar-refractivity contribution in [3.05, 3.63) is 42.5 Å². The molecule has 20 heavy (non-hydrogen) atoms. The summed E-state index contributed by atoms with van der Waals surface area (Å²) in [4.78, 5) is 11.6. The summed E-state index contributed by atoms with van der Waals surface area (Å²) in [6, 6.07) is 12.7. The van der Waals surface area contributed by atoms with Gasteiger partial charge in [-0.15, -0.1) is 0 Å². The van der Waals surface area contributed by atoms with Gasteiger partial charge >= 0.3 is 0 Å². The molecule has 0 fully saturated rings. The Morgan fingerprint density at radius 1 is 1.05 bits per heavy atom. The lowest BCUT2D eigenvalue weighted by Gasteiger charge is -2.23. The highest BCUT2D eigenvalue weighted by Crippen LogP contribution is 2.30. The molecule has 0 spiro atoms. The number of fused-ring (bicyclic) bond motifs is 1. The lowest BCUT2D eigenvalue weighted by molar-refractivity contribution is -0.117. The molecule has 3 nitrogen and oxygen atoms in total. The van der Waals surface area contributed by atoms with E-state index in [0.29, 0.717) is 0 Å². The summed E-state index contributed by atoms with van der Waals surface area (Å²) >= 11 is 0. The van der Waals surface area contributed by atoms with Gasteiger partial charge in [-0.05, 0) is 43.7 Å². The maximum atomic E-state index is 12.7. The third-order valence-electron chi connectivity index (χ3n) is 3.43. The molecule has 0 aliphatic carbocycles. The van der Waals surface area contributed by atoms with Crippen molar-refractivity contribution in [2.45, 2.75) is 36.8 Å². The van der Waals surface area contributed by atoms with E-state index >= 15 is 0 Å². The number of carbonyl (C=O) groups excluding carboxylic acids is 1. The maximum Gasteiger partial charge on any atom is 0.183 e. The summed E-state index contributed by atoms with van der Waals surface area (Å²) in [5.41, 5.74) is 0. The third kappa shape index (κ3) is 2.61. The van der Waals surface area contributed by atoms with Crippen LogP contribution >= 0.6 is 0 Å². The quantitative estimate of drug-likeness (QED) is 0.867. The molecule has 0 unspecified atom stereocenters. The van der Waals surface area contributed by atoms with Crippen LogP contribution in [0.25, 0.3) is 10.8 Å². The fraction of sp³-hybridized carbons (Fsp3) is 0.312. The molecule has 0 aromatic heterocycles. The van der Waals surface area contributed by atoms with E-state index in [-0.39, 0.29) is 17.1 Å². The van der Waals surface area contributed by atoms with E-state index in [1.807, 2.05) is 24.3 Å². The summed E-state index contributed by atoms with van der Waals surface area (Å²) in [6.45, 7) is 4.61. The lowest BCUT2D eigenvalue weighted by atomic mass is 10.1. The van der Waals surface area contributed by atoms with Crippen LogP contribution in [-0.4, -0.2) is 18.9 Å². The minimum Gasteiger partial charge on any atom is -0.300 e. The van der Waals surface area contributed by atoms with Crippen LogP contribution in [0.3, 0.4) is 0 Å². The second kappa shape index (κ2) is 5.02. The Bertz CT molecular complexity index is 758. The number of carbonyl (C=O) groups is 1. The Morgan fingerprint density at radius 3 is 2.25 bits per heavy atom. The van der Waals surface area contributed by atoms with E-state index in [9.17, 15) is 13.2 Å². The van der Waals surface area contributed by atoms with Gasteiger partial charge < -0.3 is 0 Å². The Balaban J connectivity index is 2.54. The molecule has 106 valence electrons.